The Kier molecular flexibility index (Phi) is 6.00. The molecule has 1 amide bonds. The minimum Gasteiger partial charge on any atom is -0.449 e. The van der Waals surface area contributed by atoms with Crippen LogP contribution in [0.25, 0.3) is 10.9 Å². The third-order valence-electron chi connectivity index (χ3n) is 4.43. The summed E-state index contributed by atoms with van der Waals surface area (Å²) in [6, 6.07) is 13.4. The van der Waals surface area contributed by atoms with Crippen molar-refractivity contribution in [1.82, 2.24) is 10.3 Å². The maximum atomic E-state index is 12.4. The van der Waals surface area contributed by atoms with E-state index in [9.17, 15) is 18.0 Å². The number of ether oxygens (including phenoxy) is 1. The normalized spacial score (nSPS) is 12.5. The van der Waals surface area contributed by atoms with Gasteiger partial charge in [0, 0.05) is 23.6 Å². The molecule has 0 aliphatic heterocycles. The number of fused-ring (bicyclic) bond motifs is 1. The highest BCUT2D eigenvalue weighted by Crippen LogP contribution is 2.19. The molecule has 152 valence electrons. The Morgan fingerprint density at radius 3 is 2.52 bits per heavy atom. The van der Waals surface area contributed by atoms with Crippen LogP contribution in [0.1, 0.15) is 22.8 Å². The molecule has 3 aromatic rings. The van der Waals surface area contributed by atoms with Crippen molar-refractivity contribution in [2.24, 2.45) is 5.14 Å². The number of carbonyl (C=O) groups is 2. The van der Waals surface area contributed by atoms with Crippen molar-refractivity contribution in [3.05, 3.63) is 65.9 Å². The van der Waals surface area contributed by atoms with Gasteiger partial charge in [-0.3, -0.25) is 4.79 Å². The zero-order valence-corrected chi connectivity index (χ0v) is 16.5. The standard InChI is InChI=1S/C20H21N3O5S/c1-13(28-20(25)17-12-23-18-5-3-2-4-16(17)18)19(24)22-11-10-14-6-8-15(9-7-14)29(21,26)27/h2-9,12-13,23H,10-11H2,1H3,(H,22,24)(H2,21,26,27)/t13-/m0/s1. The van der Waals surface area contributed by atoms with Crippen molar-refractivity contribution in [3.8, 4) is 0 Å². The van der Waals surface area contributed by atoms with E-state index >= 15 is 0 Å². The molecule has 0 aliphatic rings. The number of H-pyrrole nitrogens is 1. The van der Waals surface area contributed by atoms with Gasteiger partial charge in [0.2, 0.25) is 10.0 Å². The molecule has 0 unspecified atom stereocenters. The highest BCUT2D eigenvalue weighted by Gasteiger charge is 2.20. The Hall–Kier alpha value is -3.17. The smallest absolute Gasteiger partial charge is 0.341 e. The van der Waals surface area contributed by atoms with E-state index in [1.807, 2.05) is 18.2 Å². The van der Waals surface area contributed by atoms with Crippen LogP contribution in [0.5, 0.6) is 0 Å². The molecular formula is C20H21N3O5S. The van der Waals surface area contributed by atoms with Gasteiger partial charge in [0.15, 0.2) is 6.10 Å². The van der Waals surface area contributed by atoms with E-state index in [-0.39, 0.29) is 4.90 Å². The molecular weight excluding hydrogens is 394 g/mol. The minimum atomic E-state index is -3.73. The predicted molar refractivity (Wildman–Crippen MR) is 108 cm³/mol. The van der Waals surface area contributed by atoms with Gasteiger partial charge in [0.05, 0.1) is 10.5 Å². The molecule has 0 spiro atoms. The van der Waals surface area contributed by atoms with Gasteiger partial charge in [0.25, 0.3) is 5.91 Å². The molecule has 3 rings (SSSR count). The van der Waals surface area contributed by atoms with E-state index in [4.69, 9.17) is 9.88 Å². The number of benzene rings is 2. The first-order valence-electron chi connectivity index (χ1n) is 8.92. The second kappa shape index (κ2) is 8.46. The van der Waals surface area contributed by atoms with Gasteiger partial charge in [-0.25, -0.2) is 18.4 Å². The van der Waals surface area contributed by atoms with E-state index in [1.54, 1.807) is 24.4 Å². The van der Waals surface area contributed by atoms with Crippen LogP contribution in [0.4, 0.5) is 0 Å². The molecule has 2 aromatic carbocycles. The average molecular weight is 415 g/mol. The molecule has 1 heterocycles. The molecule has 0 saturated heterocycles. The lowest BCUT2D eigenvalue weighted by Crippen LogP contribution is -2.36. The van der Waals surface area contributed by atoms with Crippen molar-refractivity contribution < 1.29 is 22.7 Å². The molecule has 0 bridgehead atoms. The fraction of sp³-hybridized carbons (Fsp3) is 0.200. The number of rotatable bonds is 7. The molecule has 4 N–H and O–H groups in total. The van der Waals surface area contributed by atoms with Gasteiger partial charge < -0.3 is 15.0 Å². The molecule has 8 nitrogen and oxygen atoms in total. The van der Waals surface area contributed by atoms with Crippen molar-refractivity contribution in [2.75, 3.05) is 6.54 Å². The van der Waals surface area contributed by atoms with Gasteiger partial charge in [-0.2, -0.15) is 0 Å². The number of amides is 1. The summed E-state index contributed by atoms with van der Waals surface area (Å²) in [6.07, 6.45) is 1.09. The number of sulfonamides is 1. The number of esters is 1. The molecule has 1 aromatic heterocycles. The Morgan fingerprint density at radius 1 is 1.14 bits per heavy atom. The first-order chi connectivity index (χ1) is 13.8. The van der Waals surface area contributed by atoms with Crippen molar-refractivity contribution >= 4 is 32.8 Å². The largest absolute Gasteiger partial charge is 0.449 e. The Labute approximate surface area is 168 Å². The van der Waals surface area contributed by atoms with Gasteiger partial charge >= 0.3 is 5.97 Å². The lowest BCUT2D eigenvalue weighted by molar-refractivity contribution is -0.129. The summed E-state index contributed by atoms with van der Waals surface area (Å²) in [4.78, 5) is 27.6. The maximum Gasteiger partial charge on any atom is 0.341 e. The van der Waals surface area contributed by atoms with Crippen LogP contribution in [-0.2, 0) is 26.0 Å². The van der Waals surface area contributed by atoms with E-state index in [0.29, 0.717) is 18.5 Å². The summed E-state index contributed by atoms with van der Waals surface area (Å²) in [6.45, 7) is 1.81. The number of nitrogens with one attached hydrogen (secondary N) is 2. The number of carbonyl (C=O) groups excluding carboxylic acids is 2. The minimum absolute atomic E-state index is 0.0306. The molecule has 0 aliphatic carbocycles. The second-order valence-electron chi connectivity index (χ2n) is 6.53. The number of para-hydroxylation sites is 1. The summed E-state index contributed by atoms with van der Waals surface area (Å²) in [5.41, 5.74) is 2.02. The van der Waals surface area contributed by atoms with Crippen LogP contribution < -0.4 is 10.5 Å². The third-order valence-corrected chi connectivity index (χ3v) is 5.36. The molecule has 29 heavy (non-hydrogen) atoms. The molecule has 0 saturated carbocycles. The topological polar surface area (TPSA) is 131 Å². The number of hydrogen-bond donors (Lipinski definition) is 3. The van der Waals surface area contributed by atoms with Crippen molar-refractivity contribution in [2.45, 2.75) is 24.3 Å². The Balaban J connectivity index is 1.51. The first kappa shape index (κ1) is 20.6. The predicted octanol–water partition coefficient (Wildman–Crippen LogP) is 1.72. The van der Waals surface area contributed by atoms with Gasteiger partial charge in [0.1, 0.15) is 0 Å². The number of aromatic amines is 1. The Morgan fingerprint density at radius 2 is 1.83 bits per heavy atom. The number of hydrogen-bond acceptors (Lipinski definition) is 5. The summed E-state index contributed by atoms with van der Waals surface area (Å²) in [5.74, 6) is -0.997. The molecule has 1 atom stereocenters. The fourth-order valence-corrected chi connectivity index (χ4v) is 3.35. The highest BCUT2D eigenvalue weighted by molar-refractivity contribution is 7.89. The summed E-state index contributed by atoms with van der Waals surface area (Å²) >= 11 is 0. The summed E-state index contributed by atoms with van der Waals surface area (Å²) < 4.78 is 27.8. The van der Waals surface area contributed by atoms with Gasteiger partial charge in [-0.15, -0.1) is 0 Å². The number of nitrogens with two attached hydrogens (primary N) is 1. The lowest BCUT2D eigenvalue weighted by atomic mass is 10.1. The number of aromatic nitrogens is 1. The second-order valence-corrected chi connectivity index (χ2v) is 8.09. The molecule has 0 radical (unpaired) electrons. The monoisotopic (exact) mass is 415 g/mol. The SMILES string of the molecule is C[C@H](OC(=O)c1c[nH]c2ccccc12)C(=O)NCCc1ccc(S(N)(=O)=O)cc1. The molecule has 9 heteroatoms. The number of primary sulfonamides is 1. The van der Waals surface area contributed by atoms with Crippen molar-refractivity contribution in [1.29, 1.82) is 0 Å². The van der Waals surface area contributed by atoms with Crippen LogP contribution in [0.15, 0.2) is 59.6 Å². The van der Waals surface area contributed by atoms with Crippen LogP contribution in [0.2, 0.25) is 0 Å². The first-order valence-corrected chi connectivity index (χ1v) is 10.5. The third kappa shape index (κ3) is 5.01. The summed E-state index contributed by atoms with van der Waals surface area (Å²) in [5, 5.41) is 8.48. The van der Waals surface area contributed by atoms with E-state index in [0.717, 1.165) is 16.5 Å². The van der Waals surface area contributed by atoms with E-state index in [1.165, 1.54) is 19.1 Å². The summed E-state index contributed by atoms with van der Waals surface area (Å²) in [7, 11) is -3.73. The van der Waals surface area contributed by atoms with E-state index in [2.05, 4.69) is 10.3 Å². The fourth-order valence-electron chi connectivity index (χ4n) is 2.84. The van der Waals surface area contributed by atoms with Crippen LogP contribution in [-0.4, -0.2) is 37.9 Å². The lowest BCUT2D eigenvalue weighted by Gasteiger charge is -2.13. The Bertz CT molecular complexity index is 1140. The van der Waals surface area contributed by atoms with Gasteiger partial charge in [-0.1, -0.05) is 30.3 Å². The van der Waals surface area contributed by atoms with Gasteiger partial charge in [-0.05, 0) is 37.1 Å². The molecule has 0 fully saturated rings. The maximum absolute atomic E-state index is 12.4. The zero-order chi connectivity index (χ0) is 21.0. The van der Waals surface area contributed by atoms with E-state index < -0.39 is 28.0 Å². The van der Waals surface area contributed by atoms with Crippen LogP contribution >= 0.6 is 0 Å². The van der Waals surface area contributed by atoms with Crippen LogP contribution in [0.3, 0.4) is 0 Å². The van der Waals surface area contributed by atoms with Crippen molar-refractivity contribution in [3.63, 3.8) is 0 Å². The van der Waals surface area contributed by atoms with Crippen LogP contribution in [0, 0.1) is 0 Å². The zero-order valence-electron chi connectivity index (χ0n) is 15.7. The highest BCUT2D eigenvalue weighted by atomic mass is 32.2. The average Bonchev–Trinajstić information content (AvgIpc) is 3.12. The quantitative estimate of drug-likeness (QED) is 0.506.